The fraction of sp³-hybridized carbons (Fsp3) is 0.667. The Morgan fingerprint density at radius 2 is 2.21 bits per heavy atom. The van der Waals surface area contributed by atoms with Crippen molar-refractivity contribution in [3.63, 3.8) is 0 Å². The molecule has 14 heavy (non-hydrogen) atoms. The minimum absolute atomic E-state index is 0.266. The first kappa shape index (κ1) is 9.64. The minimum Gasteiger partial charge on any atom is -0.377 e. The predicted molar refractivity (Wildman–Crippen MR) is 50.9 cm³/mol. The molecule has 5 heteroatoms. The van der Waals surface area contributed by atoms with Gasteiger partial charge in [0.05, 0.1) is 39.0 Å². The minimum atomic E-state index is 0.266. The lowest BCUT2D eigenvalue weighted by molar-refractivity contribution is 0.103. The molecule has 0 amide bonds. The van der Waals surface area contributed by atoms with Gasteiger partial charge in [0.15, 0.2) is 0 Å². The first-order valence-electron chi connectivity index (χ1n) is 4.82. The quantitative estimate of drug-likeness (QED) is 0.711. The number of rotatable bonds is 3. The monoisotopic (exact) mass is 197 g/mol. The molecule has 1 saturated heterocycles. The van der Waals surface area contributed by atoms with E-state index in [2.05, 4.69) is 15.3 Å². The number of ether oxygens (including phenoxy) is 2. The highest BCUT2D eigenvalue weighted by atomic mass is 16.5. The first-order chi connectivity index (χ1) is 6.95. The highest BCUT2D eigenvalue weighted by Crippen LogP contribution is 1.96. The number of aromatic nitrogens is 2. The molecule has 0 aromatic carbocycles. The Bertz CT molecular complexity index is 243. The molecule has 2 N–H and O–H groups in total. The van der Waals surface area contributed by atoms with Crippen LogP contribution in [0.1, 0.15) is 5.82 Å². The van der Waals surface area contributed by atoms with Crippen molar-refractivity contribution < 1.29 is 9.47 Å². The molecule has 1 aromatic rings. The summed E-state index contributed by atoms with van der Waals surface area (Å²) in [5, 5.41) is 3.32. The van der Waals surface area contributed by atoms with Gasteiger partial charge < -0.3 is 19.8 Å². The number of nitrogens with zero attached hydrogens (tertiary/aromatic N) is 1. The SMILES string of the molecule is c1c[nH]c(CNC2COCCOC2)n1. The summed E-state index contributed by atoms with van der Waals surface area (Å²) in [5.74, 6) is 0.939. The second kappa shape index (κ2) is 5.09. The Morgan fingerprint density at radius 1 is 1.43 bits per heavy atom. The van der Waals surface area contributed by atoms with Gasteiger partial charge in [0.1, 0.15) is 5.82 Å². The van der Waals surface area contributed by atoms with Gasteiger partial charge in [-0.25, -0.2) is 4.98 Å². The second-order valence-corrected chi connectivity index (χ2v) is 3.26. The van der Waals surface area contributed by atoms with Crippen LogP contribution in [0.4, 0.5) is 0 Å². The van der Waals surface area contributed by atoms with E-state index in [1.807, 2.05) is 6.20 Å². The number of hydrogen-bond donors (Lipinski definition) is 2. The molecule has 0 unspecified atom stereocenters. The molecule has 0 spiro atoms. The van der Waals surface area contributed by atoms with E-state index in [0.29, 0.717) is 26.4 Å². The van der Waals surface area contributed by atoms with E-state index in [1.165, 1.54) is 0 Å². The number of imidazole rings is 1. The zero-order chi connectivity index (χ0) is 9.64. The smallest absolute Gasteiger partial charge is 0.120 e. The predicted octanol–water partition coefficient (Wildman–Crippen LogP) is -0.0853. The van der Waals surface area contributed by atoms with Gasteiger partial charge in [-0.3, -0.25) is 0 Å². The van der Waals surface area contributed by atoms with E-state index in [-0.39, 0.29) is 6.04 Å². The van der Waals surface area contributed by atoms with E-state index >= 15 is 0 Å². The average molecular weight is 197 g/mol. The fourth-order valence-corrected chi connectivity index (χ4v) is 1.37. The molecule has 2 heterocycles. The molecule has 2 rings (SSSR count). The van der Waals surface area contributed by atoms with Crippen molar-refractivity contribution in [2.45, 2.75) is 12.6 Å². The Labute approximate surface area is 82.8 Å². The molecule has 0 radical (unpaired) electrons. The van der Waals surface area contributed by atoms with Gasteiger partial charge in [0.25, 0.3) is 0 Å². The molecular weight excluding hydrogens is 182 g/mol. The maximum absolute atomic E-state index is 5.36. The lowest BCUT2D eigenvalue weighted by Gasteiger charge is -2.13. The van der Waals surface area contributed by atoms with Crippen LogP contribution in [0.3, 0.4) is 0 Å². The van der Waals surface area contributed by atoms with Crippen LogP contribution in [0.15, 0.2) is 12.4 Å². The van der Waals surface area contributed by atoms with Gasteiger partial charge in [0, 0.05) is 12.4 Å². The maximum atomic E-state index is 5.36. The zero-order valence-corrected chi connectivity index (χ0v) is 8.03. The normalized spacial score (nSPS) is 19.4. The number of nitrogens with one attached hydrogen (secondary N) is 2. The number of hydrogen-bond acceptors (Lipinski definition) is 4. The number of aromatic amines is 1. The third-order valence-electron chi connectivity index (χ3n) is 2.12. The second-order valence-electron chi connectivity index (χ2n) is 3.26. The summed E-state index contributed by atoms with van der Waals surface area (Å²) in [4.78, 5) is 7.16. The van der Waals surface area contributed by atoms with Gasteiger partial charge in [-0.15, -0.1) is 0 Å². The van der Waals surface area contributed by atoms with Gasteiger partial charge in [-0.05, 0) is 0 Å². The van der Waals surface area contributed by atoms with Crippen LogP contribution in [0.5, 0.6) is 0 Å². The van der Waals surface area contributed by atoms with Crippen LogP contribution in [-0.2, 0) is 16.0 Å². The molecule has 78 valence electrons. The first-order valence-corrected chi connectivity index (χ1v) is 4.82. The molecule has 1 aromatic heterocycles. The van der Waals surface area contributed by atoms with Crippen LogP contribution < -0.4 is 5.32 Å². The molecule has 0 atom stereocenters. The Kier molecular flexibility index (Phi) is 3.50. The topological polar surface area (TPSA) is 59.2 Å². The van der Waals surface area contributed by atoms with Crippen LogP contribution in [0.2, 0.25) is 0 Å². The molecule has 0 aliphatic carbocycles. The fourth-order valence-electron chi connectivity index (χ4n) is 1.37. The summed E-state index contributed by atoms with van der Waals surface area (Å²) in [6.45, 7) is 3.53. The summed E-state index contributed by atoms with van der Waals surface area (Å²) in [7, 11) is 0. The van der Waals surface area contributed by atoms with Gasteiger partial charge in [-0.1, -0.05) is 0 Å². The number of H-pyrrole nitrogens is 1. The zero-order valence-electron chi connectivity index (χ0n) is 8.03. The molecule has 0 bridgehead atoms. The lowest BCUT2D eigenvalue weighted by Crippen LogP contribution is -2.35. The third kappa shape index (κ3) is 2.80. The van der Waals surface area contributed by atoms with Crippen LogP contribution >= 0.6 is 0 Å². The summed E-state index contributed by atoms with van der Waals surface area (Å²) in [6.07, 6.45) is 3.56. The van der Waals surface area contributed by atoms with E-state index < -0.39 is 0 Å². The van der Waals surface area contributed by atoms with E-state index in [0.717, 1.165) is 12.4 Å². The van der Waals surface area contributed by atoms with Crippen molar-refractivity contribution in [2.24, 2.45) is 0 Å². The van der Waals surface area contributed by atoms with E-state index in [4.69, 9.17) is 9.47 Å². The molecular formula is C9H15N3O2. The molecule has 1 aliphatic rings. The highest BCUT2D eigenvalue weighted by molar-refractivity contribution is 4.87. The van der Waals surface area contributed by atoms with Crippen LogP contribution in [-0.4, -0.2) is 42.4 Å². The van der Waals surface area contributed by atoms with Crippen molar-refractivity contribution >= 4 is 0 Å². The Morgan fingerprint density at radius 3 is 2.86 bits per heavy atom. The summed E-state index contributed by atoms with van der Waals surface area (Å²) in [5.41, 5.74) is 0. The largest absolute Gasteiger partial charge is 0.377 e. The van der Waals surface area contributed by atoms with E-state index in [1.54, 1.807) is 6.20 Å². The molecule has 1 aliphatic heterocycles. The Balaban J connectivity index is 1.73. The van der Waals surface area contributed by atoms with Crippen molar-refractivity contribution in [2.75, 3.05) is 26.4 Å². The molecule has 5 nitrogen and oxygen atoms in total. The van der Waals surface area contributed by atoms with Gasteiger partial charge in [0.2, 0.25) is 0 Å². The van der Waals surface area contributed by atoms with Crippen LogP contribution in [0.25, 0.3) is 0 Å². The van der Waals surface area contributed by atoms with Crippen molar-refractivity contribution in [1.29, 1.82) is 0 Å². The summed E-state index contributed by atoms with van der Waals surface area (Å²) in [6, 6.07) is 0.266. The van der Waals surface area contributed by atoms with E-state index in [9.17, 15) is 0 Å². The maximum Gasteiger partial charge on any atom is 0.120 e. The molecule has 0 saturated carbocycles. The van der Waals surface area contributed by atoms with Gasteiger partial charge >= 0.3 is 0 Å². The van der Waals surface area contributed by atoms with Crippen LogP contribution in [0, 0.1) is 0 Å². The summed E-state index contributed by atoms with van der Waals surface area (Å²) >= 11 is 0. The standard InChI is InChI=1S/C9H15N3O2/c1-2-11-9(10-1)5-12-8-6-13-3-4-14-7-8/h1-2,8,12H,3-7H2,(H,10,11). The summed E-state index contributed by atoms with van der Waals surface area (Å²) < 4.78 is 10.7. The lowest BCUT2D eigenvalue weighted by atomic mass is 10.3. The Hall–Kier alpha value is -0.910. The third-order valence-corrected chi connectivity index (χ3v) is 2.12. The van der Waals surface area contributed by atoms with Gasteiger partial charge in [-0.2, -0.15) is 0 Å². The average Bonchev–Trinajstić information content (AvgIpc) is 2.58. The highest BCUT2D eigenvalue weighted by Gasteiger charge is 2.12. The van der Waals surface area contributed by atoms with Crippen molar-refractivity contribution in [1.82, 2.24) is 15.3 Å². The molecule has 1 fully saturated rings. The van der Waals surface area contributed by atoms with Crippen molar-refractivity contribution in [3.8, 4) is 0 Å². The van der Waals surface area contributed by atoms with Crippen molar-refractivity contribution in [3.05, 3.63) is 18.2 Å².